The van der Waals surface area contributed by atoms with Crippen LogP contribution in [0.1, 0.15) is 16.8 Å². The fourth-order valence-electron chi connectivity index (χ4n) is 1.56. The summed E-state index contributed by atoms with van der Waals surface area (Å²) in [5.74, 6) is 0.0792. The molecule has 0 aromatic heterocycles. The molecule has 1 N–H and O–H groups in total. The normalized spacial score (nSPS) is 14.1. The molecule has 0 saturated carbocycles. The lowest BCUT2D eigenvalue weighted by Gasteiger charge is -2.13. The summed E-state index contributed by atoms with van der Waals surface area (Å²) in [5.41, 5.74) is 0.0951. The zero-order chi connectivity index (χ0) is 11.5. The van der Waals surface area contributed by atoms with Crippen molar-refractivity contribution in [2.75, 3.05) is 20.3 Å². The second kappa shape index (κ2) is 4.30. The van der Waals surface area contributed by atoms with Crippen molar-refractivity contribution < 1.29 is 24.1 Å². The van der Waals surface area contributed by atoms with Gasteiger partial charge in [-0.2, -0.15) is 0 Å². The predicted molar refractivity (Wildman–Crippen MR) is 55.6 cm³/mol. The van der Waals surface area contributed by atoms with Gasteiger partial charge >= 0.3 is 5.97 Å². The van der Waals surface area contributed by atoms with Gasteiger partial charge in [0, 0.05) is 6.42 Å². The van der Waals surface area contributed by atoms with Crippen molar-refractivity contribution in [3.8, 4) is 17.2 Å². The molecule has 0 unspecified atom stereocenters. The first-order valence-corrected chi connectivity index (χ1v) is 4.94. The number of rotatable bonds is 2. The maximum atomic E-state index is 11.0. The molecule has 0 amide bonds. The maximum Gasteiger partial charge on any atom is 0.339 e. The molecule has 0 bridgehead atoms. The lowest BCUT2D eigenvalue weighted by atomic mass is 10.1. The minimum absolute atomic E-state index is 0.0951. The highest BCUT2D eigenvalue weighted by Gasteiger charge is 2.22. The van der Waals surface area contributed by atoms with Crippen LogP contribution >= 0.6 is 0 Å². The van der Waals surface area contributed by atoms with Crippen LogP contribution in [0.4, 0.5) is 0 Å². The Morgan fingerprint density at radius 2 is 2.00 bits per heavy atom. The summed E-state index contributed by atoms with van der Waals surface area (Å²) in [7, 11) is 1.50. The lowest BCUT2D eigenvalue weighted by Crippen LogP contribution is -2.03. The van der Waals surface area contributed by atoms with E-state index in [1.807, 2.05) is 0 Å². The smallest absolute Gasteiger partial charge is 0.339 e. The molecular formula is C11H12O5. The van der Waals surface area contributed by atoms with Gasteiger partial charge in [-0.3, -0.25) is 0 Å². The minimum Gasteiger partial charge on any atom is -0.493 e. The summed E-state index contributed by atoms with van der Waals surface area (Å²) in [6.07, 6.45) is 0.719. The summed E-state index contributed by atoms with van der Waals surface area (Å²) >= 11 is 0. The summed E-state index contributed by atoms with van der Waals surface area (Å²) in [4.78, 5) is 11.0. The van der Waals surface area contributed by atoms with Crippen LogP contribution in [0, 0.1) is 0 Å². The molecule has 1 aromatic rings. The molecule has 0 aliphatic carbocycles. The van der Waals surface area contributed by atoms with Crippen LogP contribution in [0.25, 0.3) is 0 Å². The number of carboxylic acids is 1. The van der Waals surface area contributed by atoms with E-state index in [1.54, 1.807) is 6.07 Å². The summed E-state index contributed by atoms with van der Waals surface area (Å²) in [5, 5.41) is 9.02. The average molecular weight is 224 g/mol. The number of aromatic carboxylic acids is 1. The molecule has 2 rings (SSSR count). The molecule has 16 heavy (non-hydrogen) atoms. The van der Waals surface area contributed by atoms with Crippen molar-refractivity contribution in [1.82, 2.24) is 0 Å². The summed E-state index contributed by atoms with van der Waals surface area (Å²) in [6, 6.07) is 3.02. The highest BCUT2D eigenvalue weighted by Crippen LogP contribution is 2.41. The van der Waals surface area contributed by atoms with Crippen molar-refractivity contribution in [2.45, 2.75) is 6.42 Å². The summed E-state index contributed by atoms with van der Waals surface area (Å²) in [6.45, 7) is 0.937. The number of hydrogen-bond donors (Lipinski definition) is 1. The zero-order valence-electron chi connectivity index (χ0n) is 8.86. The van der Waals surface area contributed by atoms with Gasteiger partial charge in [-0.05, 0) is 12.1 Å². The molecule has 0 radical (unpaired) electrons. The monoisotopic (exact) mass is 224 g/mol. The van der Waals surface area contributed by atoms with E-state index < -0.39 is 5.97 Å². The van der Waals surface area contributed by atoms with Gasteiger partial charge in [-0.25, -0.2) is 4.79 Å². The van der Waals surface area contributed by atoms with Crippen molar-refractivity contribution in [1.29, 1.82) is 0 Å². The molecule has 1 aliphatic heterocycles. The van der Waals surface area contributed by atoms with Gasteiger partial charge in [0.15, 0.2) is 11.5 Å². The topological polar surface area (TPSA) is 65.0 Å². The molecule has 0 spiro atoms. The highest BCUT2D eigenvalue weighted by atomic mass is 16.5. The Balaban J connectivity index is 2.56. The molecular weight excluding hydrogens is 212 g/mol. The van der Waals surface area contributed by atoms with Crippen molar-refractivity contribution in [3.63, 3.8) is 0 Å². The van der Waals surface area contributed by atoms with Crippen LogP contribution in [0.3, 0.4) is 0 Å². The number of hydrogen-bond acceptors (Lipinski definition) is 4. The Bertz CT molecular complexity index is 413. The SMILES string of the molecule is COc1ccc(C(=O)O)c2c1OCCCO2. The van der Waals surface area contributed by atoms with Crippen molar-refractivity contribution in [2.24, 2.45) is 0 Å². The average Bonchev–Trinajstić information content (AvgIpc) is 2.52. The Kier molecular flexibility index (Phi) is 2.85. The number of methoxy groups -OCH3 is 1. The van der Waals surface area contributed by atoms with Crippen LogP contribution < -0.4 is 14.2 Å². The van der Waals surface area contributed by atoms with Gasteiger partial charge in [0.05, 0.1) is 20.3 Å². The van der Waals surface area contributed by atoms with Crippen molar-refractivity contribution in [3.05, 3.63) is 17.7 Å². The number of carbonyl (C=O) groups is 1. The molecule has 5 heteroatoms. The number of fused-ring (bicyclic) bond motifs is 1. The number of carboxylic acid groups (broad SMARTS) is 1. The molecule has 0 atom stereocenters. The fraction of sp³-hybridized carbons (Fsp3) is 0.364. The molecule has 0 saturated heterocycles. The van der Waals surface area contributed by atoms with Gasteiger partial charge < -0.3 is 19.3 Å². The van der Waals surface area contributed by atoms with Gasteiger partial charge in [-0.15, -0.1) is 0 Å². The largest absolute Gasteiger partial charge is 0.493 e. The van der Waals surface area contributed by atoms with Crippen LogP contribution in [0.2, 0.25) is 0 Å². The van der Waals surface area contributed by atoms with E-state index in [9.17, 15) is 4.79 Å². The maximum absolute atomic E-state index is 11.0. The van der Waals surface area contributed by atoms with Gasteiger partial charge in [-0.1, -0.05) is 0 Å². The van der Waals surface area contributed by atoms with Crippen LogP contribution in [0.5, 0.6) is 17.2 Å². The molecule has 1 heterocycles. The number of ether oxygens (including phenoxy) is 3. The van der Waals surface area contributed by atoms with E-state index in [1.165, 1.54) is 13.2 Å². The Hall–Kier alpha value is -1.91. The van der Waals surface area contributed by atoms with Crippen LogP contribution in [0.15, 0.2) is 12.1 Å². The third-order valence-corrected chi connectivity index (χ3v) is 2.31. The second-order valence-electron chi connectivity index (χ2n) is 3.33. The quantitative estimate of drug-likeness (QED) is 0.825. The molecule has 86 valence electrons. The van der Waals surface area contributed by atoms with E-state index in [0.717, 1.165) is 6.42 Å². The van der Waals surface area contributed by atoms with Gasteiger partial charge in [0.2, 0.25) is 5.75 Å². The molecule has 1 aromatic carbocycles. The van der Waals surface area contributed by atoms with E-state index >= 15 is 0 Å². The standard InChI is InChI=1S/C11H12O5/c1-14-8-4-3-7(11(12)13)9-10(8)16-6-2-5-15-9/h3-4H,2,5-6H2,1H3,(H,12,13). The van der Waals surface area contributed by atoms with E-state index in [-0.39, 0.29) is 11.3 Å². The Morgan fingerprint density at radius 3 is 2.62 bits per heavy atom. The fourth-order valence-corrected chi connectivity index (χ4v) is 1.56. The number of benzene rings is 1. The minimum atomic E-state index is -1.04. The zero-order valence-corrected chi connectivity index (χ0v) is 8.86. The molecule has 0 fully saturated rings. The van der Waals surface area contributed by atoms with E-state index in [4.69, 9.17) is 19.3 Å². The van der Waals surface area contributed by atoms with Gasteiger partial charge in [0.25, 0.3) is 0 Å². The first-order chi connectivity index (χ1) is 7.74. The molecule has 5 nitrogen and oxygen atoms in total. The van der Waals surface area contributed by atoms with Gasteiger partial charge in [0.1, 0.15) is 5.56 Å². The van der Waals surface area contributed by atoms with Crippen LogP contribution in [-0.4, -0.2) is 31.4 Å². The Morgan fingerprint density at radius 1 is 1.31 bits per heavy atom. The lowest BCUT2D eigenvalue weighted by molar-refractivity contribution is 0.0692. The second-order valence-corrected chi connectivity index (χ2v) is 3.33. The molecule has 1 aliphatic rings. The highest BCUT2D eigenvalue weighted by molar-refractivity contribution is 5.92. The third kappa shape index (κ3) is 1.76. The Labute approximate surface area is 92.5 Å². The van der Waals surface area contributed by atoms with E-state index in [0.29, 0.717) is 24.7 Å². The first-order valence-electron chi connectivity index (χ1n) is 4.94. The van der Waals surface area contributed by atoms with E-state index in [2.05, 4.69) is 0 Å². The predicted octanol–water partition coefficient (Wildman–Crippen LogP) is 1.55. The first kappa shape index (κ1) is 10.6. The van der Waals surface area contributed by atoms with Crippen LogP contribution in [-0.2, 0) is 0 Å². The summed E-state index contributed by atoms with van der Waals surface area (Å²) < 4.78 is 16.0. The third-order valence-electron chi connectivity index (χ3n) is 2.31. The van der Waals surface area contributed by atoms with Crippen molar-refractivity contribution >= 4 is 5.97 Å².